The zero-order chi connectivity index (χ0) is 31.6. The smallest absolute Gasteiger partial charge is 0.0533 e. The van der Waals surface area contributed by atoms with E-state index in [2.05, 4.69) is 139 Å². The average molecular weight is 629 g/mol. The van der Waals surface area contributed by atoms with Gasteiger partial charge in [0.2, 0.25) is 0 Å². The number of hydrogen-bond acceptors (Lipinski definition) is 4. The van der Waals surface area contributed by atoms with E-state index in [1.54, 1.807) is 11.3 Å². The van der Waals surface area contributed by atoms with Gasteiger partial charge in [-0.15, -0.1) is 24.0 Å². The first kappa shape index (κ1) is 29.4. The van der Waals surface area contributed by atoms with Crippen molar-refractivity contribution in [3.63, 3.8) is 0 Å². The van der Waals surface area contributed by atoms with Crippen LogP contribution in [0.4, 0.5) is 17.1 Å². The van der Waals surface area contributed by atoms with Crippen LogP contribution in [0.5, 0.6) is 0 Å². The summed E-state index contributed by atoms with van der Waals surface area (Å²) < 4.78 is 2.45. The van der Waals surface area contributed by atoms with Crippen LogP contribution >= 0.6 is 24.0 Å². The van der Waals surface area contributed by atoms with E-state index in [4.69, 9.17) is 12.6 Å². The predicted octanol–water partition coefficient (Wildman–Crippen LogP) is 12.4. The molecular weight excluding hydrogens is 597 g/mol. The molecule has 0 amide bonds. The summed E-state index contributed by atoms with van der Waals surface area (Å²) in [6, 6.07) is 38.2. The Morgan fingerprint density at radius 3 is 2.43 bits per heavy atom. The van der Waals surface area contributed by atoms with Crippen LogP contribution in [0.2, 0.25) is 0 Å². The van der Waals surface area contributed by atoms with Gasteiger partial charge in [0.15, 0.2) is 0 Å². The lowest BCUT2D eigenvalue weighted by Gasteiger charge is -2.25. The van der Waals surface area contributed by atoms with Crippen LogP contribution in [0, 0.1) is 0 Å². The molecule has 0 radical (unpaired) electrons. The van der Waals surface area contributed by atoms with Gasteiger partial charge in [-0.2, -0.15) is 0 Å². The number of benzene rings is 5. The maximum Gasteiger partial charge on any atom is 0.0533 e. The van der Waals surface area contributed by atoms with Crippen LogP contribution in [-0.4, -0.2) is 0 Å². The topological polar surface area (TPSA) is 15.3 Å². The Kier molecular flexibility index (Phi) is 8.06. The molecule has 1 aliphatic heterocycles. The van der Waals surface area contributed by atoms with Crippen molar-refractivity contribution in [1.29, 1.82) is 0 Å². The van der Waals surface area contributed by atoms with Gasteiger partial charge in [-0.1, -0.05) is 105 Å². The van der Waals surface area contributed by atoms with E-state index in [9.17, 15) is 0 Å². The minimum absolute atomic E-state index is 0.899. The minimum Gasteiger partial charge on any atom is -0.355 e. The van der Waals surface area contributed by atoms with Crippen molar-refractivity contribution in [1.82, 2.24) is 0 Å². The molecule has 222 valence electrons. The highest BCUT2D eigenvalue weighted by molar-refractivity contribution is 7.80. The SMILES string of the molecule is C=C/C(Nc1cccc(-c2c(S)ccc3c2sc2ccc(N4/C=C\C=C/C(=C)c5ccccc54)cc23)c1)=C(\C=C)c1ccccc1. The Bertz CT molecular complexity index is 2250. The normalized spacial score (nSPS) is 14.6. The lowest BCUT2D eigenvalue weighted by atomic mass is 10.0. The molecule has 2 heterocycles. The van der Waals surface area contributed by atoms with Crippen molar-refractivity contribution in [2.45, 2.75) is 4.90 Å². The molecule has 1 aromatic heterocycles. The summed E-state index contributed by atoms with van der Waals surface area (Å²) in [5.74, 6) is 0. The second-order valence-corrected chi connectivity index (χ2v) is 12.6. The Morgan fingerprint density at radius 1 is 0.783 bits per heavy atom. The Morgan fingerprint density at radius 2 is 1.61 bits per heavy atom. The Labute approximate surface area is 279 Å². The molecule has 4 heteroatoms. The molecule has 0 spiro atoms. The number of hydrogen-bond donors (Lipinski definition) is 2. The third kappa shape index (κ3) is 5.43. The number of anilines is 3. The van der Waals surface area contributed by atoms with Crippen molar-refractivity contribution in [3.05, 3.63) is 182 Å². The fourth-order valence-corrected chi connectivity index (χ4v) is 7.69. The number of nitrogens with zero attached hydrogens (tertiary/aromatic N) is 1. The number of fused-ring (bicyclic) bond motifs is 4. The predicted molar refractivity (Wildman–Crippen MR) is 205 cm³/mol. The molecule has 1 aliphatic rings. The number of thiophene rings is 1. The summed E-state index contributed by atoms with van der Waals surface area (Å²) in [5.41, 5.74) is 10.5. The molecule has 7 rings (SSSR count). The molecule has 6 aromatic rings. The third-order valence-electron chi connectivity index (χ3n) is 8.25. The monoisotopic (exact) mass is 628 g/mol. The van der Waals surface area contributed by atoms with Gasteiger partial charge in [0.25, 0.3) is 0 Å². The van der Waals surface area contributed by atoms with E-state index in [-0.39, 0.29) is 0 Å². The lowest BCUT2D eigenvalue weighted by molar-refractivity contribution is 1.27. The first-order valence-corrected chi connectivity index (χ1v) is 16.3. The van der Waals surface area contributed by atoms with Gasteiger partial charge in [-0.3, -0.25) is 0 Å². The van der Waals surface area contributed by atoms with Crippen LogP contribution in [0.15, 0.2) is 176 Å². The highest BCUT2D eigenvalue weighted by atomic mass is 32.1. The largest absolute Gasteiger partial charge is 0.355 e. The summed E-state index contributed by atoms with van der Waals surface area (Å²) in [7, 11) is 0. The first-order valence-electron chi connectivity index (χ1n) is 15.1. The molecule has 2 nitrogen and oxygen atoms in total. The molecule has 0 aliphatic carbocycles. The third-order valence-corrected chi connectivity index (χ3v) is 9.82. The van der Waals surface area contributed by atoms with Crippen LogP contribution in [0.25, 0.3) is 42.4 Å². The number of para-hydroxylation sites is 1. The van der Waals surface area contributed by atoms with E-state index in [1.807, 2.05) is 36.4 Å². The summed E-state index contributed by atoms with van der Waals surface area (Å²) in [6.45, 7) is 12.5. The van der Waals surface area contributed by atoms with E-state index < -0.39 is 0 Å². The number of allylic oxidation sites excluding steroid dienone is 7. The number of rotatable bonds is 7. The van der Waals surface area contributed by atoms with Crippen molar-refractivity contribution in [3.8, 4) is 11.1 Å². The number of nitrogens with one attached hydrogen (secondary N) is 1. The summed E-state index contributed by atoms with van der Waals surface area (Å²) in [5, 5.41) is 6.03. The zero-order valence-corrected chi connectivity index (χ0v) is 27.0. The highest BCUT2D eigenvalue weighted by Crippen LogP contribution is 2.45. The molecular formula is C42H32N2S2. The number of thiol groups is 1. The summed E-state index contributed by atoms with van der Waals surface area (Å²) in [6.07, 6.45) is 12.0. The minimum atomic E-state index is 0.899. The van der Waals surface area contributed by atoms with Crippen LogP contribution in [-0.2, 0) is 0 Å². The summed E-state index contributed by atoms with van der Waals surface area (Å²) in [4.78, 5) is 3.19. The van der Waals surface area contributed by atoms with Crippen LogP contribution in [0.1, 0.15) is 11.1 Å². The van der Waals surface area contributed by atoms with E-state index in [1.165, 1.54) is 20.2 Å². The van der Waals surface area contributed by atoms with Crippen molar-refractivity contribution >= 4 is 72.3 Å². The fourth-order valence-electron chi connectivity index (χ4n) is 6.04. The lowest BCUT2D eigenvalue weighted by Crippen LogP contribution is -2.11. The second-order valence-electron chi connectivity index (χ2n) is 11.0. The van der Waals surface area contributed by atoms with Gasteiger partial charge in [0, 0.05) is 65.0 Å². The zero-order valence-electron chi connectivity index (χ0n) is 25.3. The molecule has 0 fully saturated rings. The van der Waals surface area contributed by atoms with E-state index in [0.717, 1.165) is 61.1 Å². The first-order chi connectivity index (χ1) is 22.6. The Balaban J connectivity index is 1.31. The highest BCUT2D eigenvalue weighted by Gasteiger charge is 2.18. The van der Waals surface area contributed by atoms with Crippen LogP contribution in [0.3, 0.4) is 0 Å². The van der Waals surface area contributed by atoms with E-state index in [0.29, 0.717) is 0 Å². The maximum atomic E-state index is 4.97. The van der Waals surface area contributed by atoms with Crippen molar-refractivity contribution < 1.29 is 0 Å². The van der Waals surface area contributed by atoms with E-state index >= 15 is 0 Å². The van der Waals surface area contributed by atoms with Gasteiger partial charge in [0.05, 0.1) is 5.69 Å². The quantitative estimate of drug-likeness (QED) is 0.135. The van der Waals surface area contributed by atoms with Gasteiger partial charge in [0.1, 0.15) is 0 Å². The van der Waals surface area contributed by atoms with Gasteiger partial charge in [-0.25, -0.2) is 0 Å². The van der Waals surface area contributed by atoms with Gasteiger partial charge >= 0.3 is 0 Å². The molecule has 0 bridgehead atoms. The molecule has 0 saturated heterocycles. The maximum absolute atomic E-state index is 4.97. The molecule has 0 atom stereocenters. The molecule has 5 aromatic carbocycles. The molecule has 46 heavy (non-hydrogen) atoms. The molecule has 0 saturated carbocycles. The molecule has 1 N–H and O–H groups in total. The fraction of sp³-hybridized carbons (Fsp3) is 0. The Hall–Kier alpha value is -5.29. The average Bonchev–Trinajstić information content (AvgIpc) is 3.45. The molecule has 0 unspecified atom stereocenters. The van der Waals surface area contributed by atoms with Crippen molar-refractivity contribution in [2.24, 2.45) is 0 Å². The van der Waals surface area contributed by atoms with Gasteiger partial charge in [-0.05, 0) is 71.3 Å². The van der Waals surface area contributed by atoms with Crippen molar-refractivity contribution in [2.75, 3.05) is 10.2 Å². The van der Waals surface area contributed by atoms with Gasteiger partial charge < -0.3 is 10.2 Å². The second kappa shape index (κ2) is 12.6. The van der Waals surface area contributed by atoms with Crippen LogP contribution < -0.4 is 10.2 Å². The summed E-state index contributed by atoms with van der Waals surface area (Å²) >= 11 is 6.77. The standard InChI is InChI=1S/C42H32N2S2/c1-4-33(29-15-7-6-8-16-29)37(5-2)43-31-18-13-17-30(26-31)41-39(45)23-22-35-36-27-32(21-24-40(36)46-42(35)41)44-25-12-11-14-28(3)34-19-9-10-20-38(34)44/h4-27,43,45H,1-3H2/b14-11-,25-12-,37-33-.